The van der Waals surface area contributed by atoms with E-state index >= 15 is 0 Å². The van der Waals surface area contributed by atoms with Crippen LogP contribution in [0.4, 0.5) is 0 Å². The monoisotopic (exact) mass is 234 g/mol. The minimum Gasteiger partial charge on any atom is -0.493 e. The lowest BCUT2D eigenvalue weighted by Gasteiger charge is -2.05. The van der Waals surface area contributed by atoms with Gasteiger partial charge in [0.05, 0.1) is 13.0 Å². The topological polar surface area (TPSA) is 59.7 Å². The van der Waals surface area contributed by atoms with Crippen molar-refractivity contribution in [2.24, 2.45) is 0 Å². The van der Waals surface area contributed by atoms with E-state index in [1.807, 2.05) is 12.1 Å². The second kappa shape index (κ2) is 4.13. The molecule has 0 amide bonds. The quantitative estimate of drug-likeness (QED) is 0.887. The Kier molecular flexibility index (Phi) is 2.79. The zero-order valence-corrected chi connectivity index (χ0v) is 9.98. The number of carbonyl (C=O) groups is 1. The van der Waals surface area contributed by atoms with Crippen molar-refractivity contribution in [2.45, 2.75) is 19.8 Å². The molecule has 0 saturated heterocycles. The minimum atomic E-state index is -0.862. The highest BCUT2D eigenvalue weighted by Gasteiger charge is 2.23. The molecule has 0 fully saturated rings. The Morgan fingerprint density at radius 1 is 1.47 bits per heavy atom. The molecule has 0 aliphatic rings. The largest absolute Gasteiger partial charge is 0.493 e. The predicted octanol–water partition coefficient (Wildman–Crippen LogP) is 2.94. The van der Waals surface area contributed by atoms with Crippen molar-refractivity contribution in [3.8, 4) is 5.75 Å². The second-order valence-electron chi connectivity index (χ2n) is 3.97. The number of benzene rings is 1. The summed E-state index contributed by atoms with van der Waals surface area (Å²) in [4.78, 5) is 11.1. The van der Waals surface area contributed by atoms with Crippen LogP contribution < -0.4 is 4.74 Å². The number of rotatable bonds is 3. The molecule has 1 unspecified atom stereocenters. The van der Waals surface area contributed by atoms with E-state index in [9.17, 15) is 4.79 Å². The average molecular weight is 234 g/mol. The summed E-state index contributed by atoms with van der Waals surface area (Å²) in [6, 6.07) is 5.47. The number of ether oxygens (including phenoxy) is 1. The van der Waals surface area contributed by atoms with Crippen molar-refractivity contribution in [2.75, 3.05) is 7.11 Å². The highest BCUT2D eigenvalue weighted by Crippen LogP contribution is 2.36. The summed E-state index contributed by atoms with van der Waals surface area (Å²) in [5, 5.41) is 9.89. The fourth-order valence-electron chi connectivity index (χ4n) is 2.05. The summed E-state index contributed by atoms with van der Waals surface area (Å²) in [6.45, 7) is 3.42. The van der Waals surface area contributed by atoms with E-state index in [4.69, 9.17) is 14.3 Å². The molecule has 1 N–H and O–H groups in total. The normalized spacial score (nSPS) is 12.6. The molecule has 1 heterocycles. The number of aryl methyl sites for hydroxylation is 1. The number of furan rings is 1. The number of carboxylic acid groups (broad SMARTS) is 1. The molecule has 0 radical (unpaired) electrons. The molecule has 1 aromatic carbocycles. The molecule has 4 heteroatoms. The molecule has 0 spiro atoms. The van der Waals surface area contributed by atoms with Crippen LogP contribution in [-0.4, -0.2) is 18.2 Å². The summed E-state index contributed by atoms with van der Waals surface area (Å²) in [5.41, 5.74) is 1.32. The molecular formula is C13H14O4. The van der Waals surface area contributed by atoms with Crippen molar-refractivity contribution in [3.63, 3.8) is 0 Å². The second-order valence-corrected chi connectivity index (χ2v) is 3.97. The first-order chi connectivity index (χ1) is 8.06. The van der Waals surface area contributed by atoms with Crippen LogP contribution in [0.15, 0.2) is 22.6 Å². The molecule has 1 aromatic heterocycles. The van der Waals surface area contributed by atoms with Gasteiger partial charge in [-0.2, -0.15) is 0 Å². The van der Waals surface area contributed by atoms with Gasteiger partial charge in [-0.25, -0.2) is 0 Å². The Labute approximate surface area is 98.8 Å². The van der Waals surface area contributed by atoms with Crippen LogP contribution in [0.3, 0.4) is 0 Å². The standard InChI is InChI=1S/C13H14O4/c1-7(13(14)15)11-8(2)17-12-9(11)5-4-6-10(12)16-3/h4-7H,1-3H3,(H,14,15). The highest BCUT2D eigenvalue weighted by molar-refractivity contribution is 5.91. The van der Waals surface area contributed by atoms with Gasteiger partial charge >= 0.3 is 5.97 Å². The van der Waals surface area contributed by atoms with E-state index in [0.717, 1.165) is 5.39 Å². The summed E-state index contributed by atoms with van der Waals surface area (Å²) >= 11 is 0. The molecule has 2 rings (SSSR count). The van der Waals surface area contributed by atoms with Gasteiger partial charge in [-0.15, -0.1) is 0 Å². The maximum atomic E-state index is 11.1. The van der Waals surface area contributed by atoms with Gasteiger partial charge in [-0.1, -0.05) is 12.1 Å². The molecule has 90 valence electrons. The lowest BCUT2D eigenvalue weighted by Crippen LogP contribution is -2.07. The molecular weight excluding hydrogens is 220 g/mol. The summed E-state index contributed by atoms with van der Waals surface area (Å²) in [6.07, 6.45) is 0. The molecule has 0 bridgehead atoms. The minimum absolute atomic E-state index is 0.594. The van der Waals surface area contributed by atoms with Crippen LogP contribution >= 0.6 is 0 Å². The van der Waals surface area contributed by atoms with Gasteiger partial charge in [-0.3, -0.25) is 4.79 Å². The van der Waals surface area contributed by atoms with E-state index in [0.29, 0.717) is 22.7 Å². The van der Waals surface area contributed by atoms with Gasteiger partial charge in [0.2, 0.25) is 0 Å². The number of hydrogen-bond acceptors (Lipinski definition) is 3. The predicted molar refractivity (Wildman–Crippen MR) is 63.6 cm³/mol. The Morgan fingerprint density at radius 3 is 2.76 bits per heavy atom. The van der Waals surface area contributed by atoms with E-state index in [1.54, 1.807) is 27.0 Å². The van der Waals surface area contributed by atoms with Crippen molar-refractivity contribution >= 4 is 16.9 Å². The van der Waals surface area contributed by atoms with E-state index in [2.05, 4.69) is 0 Å². The lowest BCUT2D eigenvalue weighted by molar-refractivity contribution is -0.138. The zero-order chi connectivity index (χ0) is 12.6. The van der Waals surface area contributed by atoms with Crippen LogP contribution in [-0.2, 0) is 4.79 Å². The number of hydrogen-bond donors (Lipinski definition) is 1. The number of aliphatic carboxylic acids is 1. The van der Waals surface area contributed by atoms with Gasteiger partial charge in [0.15, 0.2) is 11.3 Å². The molecule has 0 aliphatic carbocycles. The molecule has 0 aliphatic heterocycles. The third kappa shape index (κ3) is 1.75. The summed E-state index contributed by atoms with van der Waals surface area (Å²) in [5.74, 6) is -0.212. The Morgan fingerprint density at radius 2 is 2.18 bits per heavy atom. The number of para-hydroxylation sites is 1. The van der Waals surface area contributed by atoms with Crippen LogP contribution in [0.5, 0.6) is 5.75 Å². The van der Waals surface area contributed by atoms with E-state index in [1.165, 1.54) is 0 Å². The molecule has 0 saturated carbocycles. The first-order valence-corrected chi connectivity index (χ1v) is 5.35. The van der Waals surface area contributed by atoms with Gasteiger partial charge in [-0.05, 0) is 19.9 Å². The van der Waals surface area contributed by atoms with Crippen LogP contribution in [0.1, 0.15) is 24.2 Å². The van der Waals surface area contributed by atoms with Crippen molar-refractivity contribution in [1.82, 2.24) is 0 Å². The van der Waals surface area contributed by atoms with Crippen molar-refractivity contribution in [3.05, 3.63) is 29.5 Å². The number of methoxy groups -OCH3 is 1. The maximum absolute atomic E-state index is 11.1. The van der Waals surface area contributed by atoms with Gasteiger partial charge < -0.3 is 14.3 Å². The first kappa shape index (κ1) is 11.5. The van der Waals surface area contributed by atoms with Gasteiger partial charge in [0, 0.05) is 10.9 Å². The fourth-order valence-corrected chi connectivity index (χ4v) is 2.05. The number of fused-ring (bicyclic) bond motifs is 1. The third-order valence-electron chi connectivity index (χ3n) is 2.93. The molecule has 17 heavy (non-hydrogen) atoms. The molecule has 4 nitrogen and oxygen atoms in total. The van der Waals surface area contributed by atoms with Crippen LogP contribution in [0.25, 0.3) is 11.0 Å². The fraction of sp³-hybridized carbons (Fsp3) is 0.308. The van der Waals surface area contributed by atoms with E-state index in [-0.39, 0.29) is 0 Å². The smallest absolute Gasteiger partial charge is 0.310 e. The van der Waals surface area contributed by atoms with Crippen LogP contribution in [0.2, 0.25) is 0 Å². The lowest BCUT2D eigenvalue weighted by atomic mass is 9.98. The molecule has 2 aromatic rings. The Hall–Kier alpha value is -1.97. The highest BCUT2D eigenvalue weighted by atomic mass is 16.5. The zero-order valence-electron chi connectivity index (χ0n) is 9.98. The third-order valence-corrected chi connectivity index (χ3v) is 2.93. The maximum Gasteiger partial charge on any atom is 0.310 e. The molecule has 1 atom stereocenters. The number of carboxylic acids is 1. The average Bonchev–Trinajstić information content (AvgIpc) is 2.63. The Balaban J connectivity index is 2.72. The summed E-state index contributed by atoms with van der Waals surface area (Å²) in [7, 11) is 1.56. The van der Waals surface area contributed by atoms with Gasteiger partial charge in [0.1, 0.15) is 5.76 Å². The van der Waals surface area contributed by atoms with Crippen molar-refractivity contribution in [1.29, 1.82) is 0 Å². The van der Waals surface area contributed by atoms with Gasteiger partial charge in [0.25, 0.3) is 0 Å². The van der Waals surface area contributed by atoms with E-state index < -0.39 is 11.9 Å². The first-order valence-electron chi connectivity index (χ1n) is 5.35. The van der Waals surface area contributed by atoms with Crippen molar-refractivity contribution < 1.29 is 19.1 Å². The van der Waals surface area contributed by atoms with Crippen LogP contribution in [0, 0.1) is 6.92 Å². The SMILES string of the molecule is COc1cccc2c(C(C)C(=O)O)c(C)oc12. The summed E-state index contributed by atoms with van der Waals surface area (Å²) < 4.78 is 10.8. The Bertz CT molecular complexity index is 568.